The van der Waals surface area contributed by atoms with Gasteiger partial charge in [-0.25, -0.2) is 4.39 Å². The van der Waals surface area contributed by atoms with E-state index in [0.717, 1.165) is 62.0 Å². The van der Waals surface area contributed by atoms with Crippen LogP contribution in [0.25, 0.3) is 11.1 Å². The molecular formula is C27H35FN2O3. The average molecular weight is 455 g/mol. The van der Waals surface area contributed by atoms with Crippen LogP contribution in [0.4, 0.5) is 4.39 Å². The van der Waals surface area contributed by atoms with Crippen LogP contribution in [-0.4, -0.2) is 57.8 Å². The van der Waals surface area contributed by atoms with Crippen molar-refractivity contribution < 1.29 is 18.7 Å². The fraction of sp³-hybridized carbons (Fsp3) is 0.519. The van der Waals surface area contributed by atoms with Crippen LogP contribution >= 0.6 is 0 Å². The molecule has 2 fully saturated rings. The van der Waals surface area contributed by atoms with Crippen molar-refractivity contribution in [3.63, 3.8) is 0 Å². The van der Waals surface area contributed by atoms with Crippen LogP contribution in [0, 0.1) is 17.2 Å². The number of hydrogen-bond donors (Lipinski definition) is 1. The SMILES string of the molecule is COc1ccc(F)cc1-c1ccc(CC2(C(=O)NCC3CCN(C)CC3)CCOCC2)cc1. The van der Waals surface area contributed by atoms with Gasteiger partial charge in [-0.2, -0.15) is 0 Å². The number of methoxy groups -OCH3 is 1. The molecule has 1 amide bonds. The molecule has 2 aromatic rings. The quantitative estimate of drug-likeness (QED) is 0.678. The maximum absolute atomic E-state index is 13.8. The van der Waals surface area contributed by atoms with E-state index >= 15 is 0 Å². The second-order valence-electron chi connectivity index (χ2n) is 9.57. The number of halogens is 1. The highest BCUT2D eigenvalue weighted by molar-refractivity contribution is 5.83. The van der Waals surface area contributed by atoms with Crippen LogP contribution in [0.15, 0.2) is 42.5 Å². The van der Waals surface area contributed by atoms with E-state index in [1.165, 1.54) is 12.1 Å². The Morgan fingerprint density at radius 1 is 1.15 bits per heavy atom. The summed E-state index contributed by atoms with van der Waals surface area (Å²) < 4.78 is 24.8. The summed E-state index contributed by atoms with van der Waals surface area (Å²) in [5.74, 6) is 1.05. The van der Waals surface area contributed by atoms with Gasteiger partial charge in [-0.1, -0.05) is 24.3 Å². The Bertz CT molecular complexity index is 933. The second kappa shape index (κ2) is 10.7. The molecule has 0 saturated carbocycles. The minimum Gasteiger partial charge on any atom is -0.496 e. The van der Waals surface area contributed by atoms with Crippen molar-refractivity contribution in [3.8, 4) is 16.9 Å². The maximum Gasteiger partial charge on any atom is 0.226 e. The molecule has 2 aromatic carbocycles. The van der Waals surface area contributed by atoms with Crippen molar-refractivity contribution in [3.05, 3.63) is 53.8 Å². The van der Waals surface area contributed by atoms with E-state index in [2.05, 4.69) is 17.3 Å². The van der Waals surface area contributed by atoms with E-state index in [9.17, 15) is 9.18 Å². The van der Waals surface area contributed by atoms with Crippen molar-refractivity contribution in [2.75, 3.05) is 47.0 Å². The van der Waals surface area contributed by atoms with Crippen molar-refractivity contribution in [1.29, 1.82) is 0 Å². The molecule has 4 rings (SSSR count). The normalized spacial score (nSPS) is 19.2. The molecule has 0 atom stereocenters. The van der Waals surface area contributed by atoms with Crippen LogP contribution < -0.4 is 10.1 Å². The molecule has 2 saturated heterocycles. The van der Waals surface area contributed by atoms with Crippen LogP contribution in [0.1, 0.15) is 31.2 Å². The number of likely N-dealkylation sites (tertiary alicyclic amines) is 1. The van der Waals surface area contributed by atoms with Gasteiger partial charge in [0.1, 0.15) is 11.6 Å². The number of piperidine rings is 1. The van der Waals surface area contributed by atoms with Crippen LogP contribution in [0.2, 0.25) is 0 Å². The summed E-state index contributed by atoms with van der Waals surface area (Å²) in [6.45, 7) is 4.18. The van der Waals surface area contributed by atoms with E-state index < -0.39 is 5.41 Å². The number of carbonyl (C=O) groups is 1. The zero-order chi connectivity index (χ0) is 23.3. The minimum atomic E-state index is -0.443. The fourth-order valence-electron chi connectivity index (χ4n) is 5.04. The summed E-state index contributed by atoms with van der Waals surface area (Å²) in [5, 5.41) is 3.29. The third-order valence-corrected chi connectivity index (χ3v) is 7.29. The Morgan fingerprint density at radius 2 is 1.85 bits per heavy atom. The lowest BCUT2D eigenvalue weighted by Crippen LogP contribution is -2.48. The van der Waals surface area contributed by atoms with Crippen molar-refractivity contribution in [1.82, 2.24) is 10.2 Å². The number of rotatable bonds is 7. The largest absolute Gasteiger partial charge is 0.496 e. The van der Waals surface area contributed by atoms with Crippen LogP contribution in [-0.2, 0) is 16.0 Å². The molecule has 2 heterocycles. The van der Waals surface area contributed by atoms with Gasteiger partial charge in [-0.15, -0.1) is 0 Å². The molecule has 0 bridgehead atoms. The first-order valence-corrected chi connectivity index (χ1v) is 12.0. The molecule has 5 nitrogen and oxygen atoms in total. The molecule has 6 heteroatoms. The first-order chi connectivity index (χ1) is 16.0. The predicted molar refractivity (Wildman–Crippen MR) is 128 cm³/mol. The summed E-state index contributed by atoms with van der Waals surface area (Å²) in [7, 11) is 3.74. The van der Waals surface area contributed by atoms with Crippen molar-refractivity contribution in [2.45, 2.75) is 32.1 Å². The van der Waals surface area contributed by atoms with E-state index in [4.69, 9.17) is 9.47 Å². The average Bonchev–Trinajstić information content (AvgIpc) is 2.84. The fourth-order valence-corrected chi connectivity index (χ4v) is 5.04. The third-order valence-electron chi connectivity index (χ3n) is 7.29. The lowest BCUT2D eigenvalue weighted by Gasteiger charge is -2.37. The van der Waals surface area contributed by atoms with Gasteiger partial charge in [0.2, 0.25) is 5.91 Å². The van der Waals surface area contributed by atoms with E-state index in [1.807, 2.05) is 24.3 Å². The Labute approximate surface area is 196 Å². The zero-order valence-electron chi connectivity index (χ0n) is 19.7. The summed E-state index contributed by atoms with van der Waals surface area (Å²) in [4.78, 5) is 15.8. The summed E-state index contributed by atoms with van der Waals surface area (Å²) in [6, 6.07) is 12.6. The van der Waals surface area contributed by atoms with Gasteiger partial charge in [0.15, 0.2) is 0 Å². The van der Waals surface area contributed by atoms with E-state index in [0.29, 0.717) is 31.3 Å². The molecule has 0 spiro atoms. The number of amides is 1. The summed E-state index contributed by atoms with van der Waals surface area (Å²) >= 11 is 0. The van der Waals surface area contributed by atoms with Gasteiger partial charge in [0.05, 0.1) is 12.5 Å². The van der Waals surface area contributed by atoms with Crippen LogP contribution in [0.3, 0.4) is 0 Å². The van der Waals surface area contributed by atoms with Gasteiger partial charge >= 0.3 is 0 Å². The Hall–Kier alpha value is -2.44. The summed E-state index contributed by atoms with van der Waals surface area (Å²) in [5.41, 5.74) is 2.27. The maximum atomic E-state index is 13.8. The van der Waals surface area contributed by atoms with Crippen molar-refractivity contribution in [2.24, 2.45) is 11.3 Å². The third kappa shape index (κ3) is 5.74. The Kier molecular flexibility index (Phi) is 7.66. The van der Waals surface area contributed by atoms with Crippen molar-refractivity contribution >= 4 is 5.91 Å². The number of ether oxygens (including phenoxy) is 2. The Morgan fingerprint density at radius 3 is 2.52 bits per heavy atom. The monoisotopic (exact) mass is 454 g/mol. The standard InChI is InChI=1S/C27H35FN2O3/c1-30-13-9-21(10-14-30)19-29-26(31)27(11-15-33-16-12-27)18-20-3-5-22(6-4-20)24-17-23(28)7-8-25(24)32-2/h3-8,17,21H,9-16,18-19H2,1-2H3,(H,29,31). The van der Waals surface area contributed by atoms with Gasteiger partial charge in [-0.3, -0.25) is 4.79 Å². The highest BCUT2D eigenvalue weighted by atomic mass is 19.1. The van der Waals surface area contributed by atoms with Gasteiger partial charge in [0.25, 0.3) is 0 Å². The molecule has 1 N–H and O–H groups in total. The molecule has 178 valence electrons. The highest BCUT2D eigenvalue weighted by Crippen LogP contribution is 2.36. The van der Waals surface area contributed by atoms with Gasteiger partial charge in [-0.05, 0) is 87.5 Å². The highest BCUT2D eigenvalue weighted by Gasteiger charge is 2.40. The summed E-state index contributed by atoms with van der Waals surface area (Å²) in [6.07, 6.45) is 4.41. The number of nitrogens with zero attached hydrogens (tertiary/aromatic N) is 1. The lowest BCUT2D eigenvalue weighted by atomic mass is 9.74. The Balaban J connectivity index is 1.46. The first kappa shape index (κ1) is 23.7. The lowest BCUT2D eigenvalue weighted by molar-refractivity contribution is -0.137. The van der Waals surface area contributed by atoms with Gasteiger partial charge < -0.3 is 19.7 Å². The zero-order valence-corrected chi connectivity index (χ0v) is 19.7. The molecule has 33 heavy (non-hydrogen) atoms. The van der Waals surface area contributed by atoms with Gasteiger partial charge in [0, 0.05) is 25.3 Å². The smallest absolute Gasteiger partial charge is 0.226 e. The molecular weight excluding hydrogens is 419 g/mol. The second-order valence-corrected chi connectivity index (χ2v) is 9.57. The van der Waals surface area contributed by atoms with E-state index in [-0.39, 0.29) is 11.7 Å². The number of carbonyl (C=O) groups excluding carboxylic acids is 1. The van der Waals surface area contributed by atoms with Crippen LogP contribution in [0.5, 0.6) is 5.75 Å². The molecule has 2 aliphatic heterocycles. The topological polar surface area (TPSA) is 50.8 Å². The predicted octanol–water partition coefficient (Wildman–Crippen LogP) is 4.30. The molecule has 0 unspecified atom stereocenters. The number of benzene rings is 2. The molecule has 0 radical (unpaired) electrons. The van der Waals surface area contributed by atoms with E-state index in [1.54, 1.807) is 13.2 Å². The number of nitrogens with one attached hydrogen (secondary N) is 1. The number of hydrogen-bond acceptors (Lipinski definition) is 4. The first-order valence-electron chi connectivity index (χ1n) is 12.0. The minimum absolute atomic E-state index is 0.153. The molecule has 2 aliphatic rings. The molecule has 0 aromatic heterocycles. The molecule has 0 aliphatic carbocycles.